The third-order valence-electron chi connectivity index (χ3n) is 3.53. The third kappa shape index (κ3) is 3.12. The Morgan fingerprint density at radius 1 is 1.37 bits per heavy atom. The smallest absolute Gasteiger partial charge is 0.244 e. The van der Waals surface area contributed by atoms with Crippen LogP contribution in [0, 0.1) is 0 Å². The molecule has 3 N–H and O–H groups in total. The summed E-state index contributed by atoms with van der Waals surface area (Å²) < 4.78 is 0. The fourth-order valence-corrected chi connectivity index (χ4v) is 2.44. The van der Waals surface area contributed by atoms with Crippen molar-refractivity contribution in [3.8, 4) is 0 Å². The van der Waals surface area contributed by atoms with E-state index in [0.717, 1.165) is 19.4 Å². The fraction of sp³-hybridized carbons (Fsp3) is 0.429. The van der Waals surface area contributed by atoms with Gasteiger partial charge in [0.05, 0.1) is 6.04 Å². The highest BCUT2D eigenvalue weighted by Crippen LogP contribution is 2.17. The molecule has 1 fully saturated rings. The molecule has 2 amide bonds. The van der Waals surface area contributed by atoms with Crippen LogP contribution in [0.15, 0.2) is 30.3 Å². The molecule has 5 heteroatoms. The molecule has 0 saturated carbocycles. The van der Waals surface area contributed by atoms with Gasteiger partial charge >= 0.3 is 0 Å². The van der Waals surface area contributed by atoms with Crippen molar-refractivity contribution in [2.75, 3.05) is 13.6 Å². The Labute approximate surface area is 112 Å². The van der Waals surface area contributed by atoms with Crippen LogP contribution in [0.2, 0.25) is 0 Å². The molecule has 0 spiro atoms. The van der Waals surface area contributed by atoms with Crippen molar-refractivity contribution >= 4 is 11.8 Å². The van der Waals surface area contributed by atoms with Crippen LogP contribution in [-0.4, -0.2) is 36.3 Å². The number of likely N-dealkylation sites (tertiary alicyclic amines) is 1. The van der Waals surface area contributed by atoms with E-state index >= 15 is 0 Å². The van der Waals surface area contributed by atoms with Crippen molar-refractivity contribution in [1.29, 1.82) is 0 Å². The Hall–Kier alpha value is -1.88. The van der Waals surface area contributed by atoms with E-state index in [4.69, 9.17) is 5.73 Å². The van der Waals surface area contributed by atoms with Gasteiger partial charge in [0.25, 0.3) is 0 Å². The highest BCUT2D eigenvalue weighted by molar-refractivity contribution is 5.89. The zero-order valence-electron chi connectivity index (χ0n) is 11.0. The predicted molar refractivity (Wildman–Crippen MR) is 72.2 cm³/mol. The lowest BCUT2D eigenvalue weighted by Gasteiger charge is -2.22. The Morgan fingerprint density at radius 3 is 2.58 bits per heavy atom. The van der Waals surface area contributed by atoms with Gasteiger partial charge in [0.1, 0.15) is 6.04 Å². The quantitative estimate of drug-likeness (QED) is 0.825. The van der Waals surface area contributed by atoms with Gasteiger partial charge in [0.15, 0.2) is 0 Å². The molecule has 19 heavy (non-hydrogen) atoms. The van der Waals surface area contributed by atoms with E-state index in [9.17, 15) is 9.59 Å². The first-order valence-corrected chi connectivity index (χ1v) is 6.44. The zero-order chi connectivity index (χ0) is 13.8. The van der Waals surface area contributed by atoms with E-state index in [1.54, 1.807) is 12.1 Å². The molecule has 1 aliphatic heterocycles. The molecule has 1 aromatic rings. The summed E-state index contributed by atoms with van der Waals surface area (Å²) in [5.41, 5.74) is 6.10. The first-order valence-electron chi connectivity index (χ1n) is 6.44. The van der Waals surface area contributed by atoms with E-state index in [-0.39, 0.29) is 11.9 Å². The van der Waals surface area contributed by atoms with Crippen LogP contribution in [0.1, 0.15) is 24.4 Å². The fourth-order valence-electron chi connectivity index (χ4n) is 2.44. The Kier molecular flexibility index (Phi) is 4.16. The molecule has 1 aliphatic rings. The number of carbonyl (C=O) groups is 2. The predicted octanol–water partition coefficient (Wildman–Crippen LogP) is 0.423. The zero-order valence-corrected chi connectivity index (χ0v) is 11.0. The molecule has 0 radical (unpaired) electrons. The van der Waals surface area contributed by atoms with Gasteiger partial charge in [-0.15, -0.1) is 0 Å². The van der Waals surface area contributed by atoms with Gasteiger partial charge in [-0.2, -0.15) is 0 Å². The highest BCUT2D eigenvalue weighted by atomic mass is 16.2. The monoisotopic (exact) mass is 261 g/mol. The molecule has 0 bridgehead atoms. The lowest BCUT2D eigenvalue weighted by atomic mass is 10.1. The van der Waals surface area contributed by atoms with Gasteiger partial charge in [-0.3, -0.25) is 14.5 Å². The number of hydrogen-bond acceptors (Lipinski definition) is 3. The molecule has 0 aliphatic carbocycles. The first-order chi connectivity index (χ1) is 9.09. The van der Waals surface area contributed by atoms with Crippen molar-refractivity contribution in [3.63, 3.8) is 0 Å². The topological polar surface area (TPSA) is 75.4 Å². The molecule has 0 aromatic heterocycles. The number of likely N-dealkylation sites (N-methyl/N-ethyl adjacent to an activating group) is 1. The Balaban J connectivity index is 2.09. The molecule has 1 saturated heterocycles. The minimum atomic E-state index is -0.761. The van der Waals surface area contributed by atoms with E-state index in [1.165, 1.54) is 0 Å². The van der Waals surface area contributed by atoms with Gasteiger partial charge in [0.2, 0.25) is 11.8 Å². The summed E-state index contributed by atoms with van der Waals surface area (Å²) in [5, 5.41) is 2.75. The summed E-state index contributed by atoms with van der Waals surface area (Å²) in [6, 6.07) is 8.14. The van der Waals surface area contributed by atoms with Gasteiger partial charge in [-0.05, 0) is 32.0 Å². The molecule has 1 unspecified atom stereocenters. The molecule has 1 heterocycles. The van der Waals surface area contributed by atoms with Crippen molar-refractivity contribution in [3.05, 3.63) is 35.9 Å². The summed E-state index contributed by atoms with van der Waals surface area (Å²) in [6.07, 6.45) is 1.82. The number of benzene rings is 1. The van der Waals surface area contributed by atoms with Crippen LogP contribution in [0.25, 0.3) is 0 Å². The van der Waals surface area contributed by atoms with Crippen LogP contribution in [0.5, 0.6) is 0 Å². The van der Waals surface area contributed by atoms with Crippen LogP contribution >= 0.6 is 0 Å². The molecule has 1 aromatic carbocycles. The number of nitrogens with one attached hydrogen (secondary N) is 1. The number of carbonyl (C=O) groups excluding carboxylic acids is 2. The van der Waals surface area contributed by atoms with Crippen LogP contribution in [0.3, 0.4) is 0 Å². The van der Waals surface area contributed by atoms with E-state index in [2.05, 4.69) is 5.32 Å². The molecular weight excluding hydrogens is 242 g/mol. The van der Waals surface area contributed by atoms with E-state index < -0.39 is 11.9 Å². The normalized spacial score (nSPS) is 21.0. The number of hydrogen-bond donors (Lipinski definition) is 2. The minimum Gasteiger partial charge on any atom is -0.368 e. The maximum Gasteiger partial charge on any atom is 0.244 e. The van der Waals surface area contributed by atoms with Crippen molar-refractivity contribution < 1.29 is 9.59 Å². The van der Waals surface area contributed by atoms with Gasteiger partial charge < -0.3 is 11.1 Å². The van der Waals surface area contributed by atoms with Crippen molar-refractivity contribution in [2.45, 2.75) is 24.9 Å². The Bertz CT molecular complexity index is 461. The molecular formula is C14H19N3O2. The molecule has 2 atom stereocenters. The van der Waals surface area contributed by atoms with Gasteiger partial charge in [0, 0.05) is 0 Å². The Morgan fingerprint density at radius 2 is 2.05 bits per heavy atom. The lowest BCUT2D eigenvalue weighted by molar-refractivity contribution is -0.130. The minimum absolute atomic E-state index is 0.132. The maximum absolute atomic E-state index is 12.2. The summed E-state index contributed by atoms with van der Waals surface area (Å²) in [5.74, 6) is -0.673. The number of amides is 2. The summed E-state index contributed by atoms with van der Waals surface area (Å²) in [4.78, 5) is 25.7. The van der Waals surface area contributed by atoms with Crippen LogP contribution < -0.4 is 11.1 Å². The second-order valence-electron chi connectivity index (χ2n) is 4.89. The standard InChI is InChI=1S/C14H19N3O2/c1-17-9-5-8-11(17)14(19)16-12(13(15)18)10-6-3-2-4-7-10/h2-4,6-7,11-12H,5,8-9H2,1H3,(H2,15,18)(H,16,19)/t11-,12?/m0/s1. The molecule has 102 valence electrons. The molecule has 2 rings (SSSR count). The summed E-state index contributed by atoms with van der Waals surface area (Å²) in [7, 11) is 1.92. The van der Waals surface area contributed by atoms with Crippen LogP contribution in [0.4, 0.5) is 0 Å². The SMILES string of the molecule is CN1CCC[C@H]1C(=O)NC(C(N)=O)c1ccccc1. The second-order valence-corrected chi connectivity index (χ2v) is 4.89. The van der Waals surface area contributed by atoms with Gasteiger partial charge in [-0.1, -0.05) is 30.3 Å². The van der Waals surface area contributed by atoms with E-state index in [1.807, 2.05) is 30.1 Å². The average Bonchev–Trinajstić information content (AvgIpc) is 2.82. The molecule has 5 nitrogen and oxygen atoms in total. The van der Waals surface area contributed by atoms with Crippen molar-refractivity contribution in [1.82, 2.24) is 10.2 Å². The van der Waals surface area contributed by atoms with Crippen LogP contribution in [-0.2, 0) is 9.59 Å². The second kappa shape index (κ2) is 5.84. The van der Waals surface area contributed by atoms with E-state index in [0.29, 0.717) is 5.56 Å². The number of rotatable bonds is 4. The number of primary amides is 1. The van der Waals surface area contributed by atoms with Gasteiger partial charge in [-0.25, -0.2) is 0 Å². The first kappa shape index (κ1) is 13.5. The third-order valence-corrected chi connectivity index (χ3v) is 3.53. The number of nitrogens with two attached hydrogens (primary N) is 1. The summed E-state index contributed by atoms with van der Waals surface area (Å²) >= 11 is 0. The largest absolute Gasteiger partial charge is 0.368 e. The average molecular weight is 261 g/mol. The maximum atomic E-state index is 12.2. The highest BCUT2D eigenvalue weighted by Gasteiger charge is 2.30. The van der Waals surface area contributed by atoms with Crippen molar-refractivity contribution in [2.24, 2.45) is 5.73 Å². The number of nitrogens with zero attached hydrogens (tertiary/aromatic N) is 1. The summed E-state index contributed by atoms with van der Waals surface area (Å²) in [6.45, 7) is 0.907. The lowest BCUT2D eigenvalue weighted by Crippen LogP contribution is -2.46.